The Morgan fingerprint density at radius 2 is 1.61 bits per heavy atom. The van der Waals surface area contributed by atoms with Crippen molar-refractivity contribution in [3.8, 4) is 0 Å². The summed E-state index contributed by atoms with van der Waals surface area (Å²) in [4.78, 5) is 11.2. The molecule has 0 saturated heterocycles. The smallest absolute Gasteiger partial charge is 0.328 e. The number of hydrogen-bond acceptors (Lipinski definition) is 5. The highest BCUT2D eigenvalue weighted by atomic mass is 31.1. The van der Waals surface area contributed by atoms with Gasteiger partial charge in [-0.15, -0.1) is 0 Å². The lowest BCUT2D eigenvalue weighted by atomic mass is 10.4. The fourth-order valence-corrected chi connectivity index (χ4v) is 2.35. The summed E-state index contributed by atoms with van der Waals surface area (Å²) in [6.07, 6.45) is 1.47. The minimum atomic E-state index is -1.99. The van der Waals surface area contributed by atoms with Gasteiger partial charge >= 0.3 is 13.3 Å². The minimum absolute atomic E-state index is 0.153. The predicted molar refractivity (Wildman–Crippen MR) is 69.9 cm³/mol. The Kier molecular flexibility index (Phi) is 9.02. The molecule has 0 rings (SSSR count). The highest BCUT2D eigenvalue weighted by Gasteiger charge is 2.37. The van der Waals surface area contributed by atoms with Gasteiger partial charge in [0.2, 0.25) is 0 Å². The molecule has 0 heterocycles. The average Bonchev–Trinajstić information content (AvgIpc) is 2.36. The number of carbonyl (C=O) groups is 1. The molecule has 0 fully saturated rings. The second-order valence-electron chi connectivity index (χ2n) is 3.38. The molecule has 6 heteroatoms. The first-order valence-corrected chi connectivity index (χ1v) is 7.52. The van der Waals surface area contributed by atoms with Crippen molar-refractivity contribution >= 4 is 13.3 Å². The molecular formula is C12H22O5P+. The highest BCUT2D eigenvalue weighted by Crippen LogP contribution is 2.29. The molecule has 1 unspecified atom stereocenters. The molecule has 18 heavy (non-hydrogen) atoms. The van der Waals surface area contributed by atoms with Gasteiger partial charge in [-0.25, -0.2) is 4.79 Å². The molecular weight excluding hydrogens is 255 g/mol. The molecule has 0 aromatic carbocycles. The normalized spacial score (nSPS) is 12.3. The standard InChI is InChI=1S/C12H22O5P/c1-5-11(13)18(14)10-9-12(15-6-2,16-7-3)17-8-4/h5H,1,6-10H2,2-4H3/q+1. The van der Waals surface area contributed by atoms with E-state index in [1.165, 1.54) is 0 Å². The van der Waals surface area contributed by atoms with Crippen LogP contribution in [0.1, 0.15) is 27.2 Å². The van der Waals surface area contributed by atoms with E-state index in [4.69, 9.17) is 14.2 Å². The third-order valence-corrected chi connectivity index (χ3v) is 3.44. The van der Waals surface area contributed by atoms with Crippen LogP contribution in [0, 0.1) is 0 Å². The Labute approximate surface area is 109 Å². The quantitative estimate of drug-likeness (QED) is 0.330. The average molecular weight is 277 g/mol. The van der Waals surface area contributed by atoms with Gasteiger partial charge in [-0.05, 0) is 20.8 Å². The summed E-state index contributed by atoms with van der Waals surface area (Å²) in [6, 6.07) is 0. The molecule has 0 spiro atoms. The van der Waals surface area contributed by atoms with E-state index in [9.17, 15) is 9.36 Å². The van der Waals surface area contributed by atoms with Crippen LogP contribution in [0.4, 0.5) is 0 Å². The Balaban J connectivity index is 4.60. The third kappa shape index (κ3) is 5.83. The van der Waals surface area contributed by atoms with Crippen molar-refractivity contribution in [1.29, 1.82) is 0 Å². The van der Waals surface area contributed by atoms with Crippen LogP contribution in [0.15, 0.2) is 12.7 Å². The van der Waals surface area contributed by atoms with Gasteiger partial charge < -0.3 is 14.2 Å². The second kappa shape index (κ2) is 9.34. The molecule has 0 aromatic heterocycles. The van der Waals surface area contributed by atoms with Crippen molar-refractivity contribution in [2.24, 2.45) is 0 Å². The first-order chi connectivity index (χ1) is 8.55. The van der Waals surface area contributed by atoms with Gasteiger partial charge in [-0.2, -0.15) is 0 Å². The lowest BCUT2D eigenvalue weighted by molar-refractivity contribution is -0.377. The molecule has 0 aromatic rings. The van der Waals surface area contributed by atoms with Crippen molar-refractivity contribution in [1.82, 2.24) is 0 Å². The van der Waals surface area contributed by atoms with Gasteiger partial charge in [-0.3, -0.25) is 0 Å². The summed E-state index contributed by atoms with van der Waals surface area (Å²) < 4.78 is 28.0. The molecule has 1 atom stereocenters. The molecule has 0 bridgehead atoms. The van der Waals surface area contributed by atoms with Gasteiger partial charge in [0.05, 0.1) is 6.42 Å². The van der Waals surface area contributed by atoms with Crippen LogP contribution >= 0.6 is 7.80 Å². The molecule has 5 nitrogen and oxygen atoms in total. The summed E-state index contributed by atoms with van der Waals surface area (Å²) in [6.45, 7) is 10.00. The summed E-state index contributed by atoms with van der Waals surface area (Å²) >= 11 is 0. The topological polar surface area (TPSA) is 61.8 Å². The number of allylic oxidation sites excluding steroid dienone is 1. The molecule has 0 radical (unpaired) electrons. The number of hydrogen-bond donors (Lipinski definition) is 0. The molecule has 0 aliphatic carbocycles. The SMILES string of the molecule is C=CC(=O)[P+](=O)CCC(OCC)(OCC)OCC. The van der Waals surface area contributed by atoms with Crippen LogP contribution in [-0.2, 0) is 23.6 Å². The van der Waals surface area contributed by atoms with Gasteiger partial charge in [0.1, 0.15) is 0 Å². The second-order valence-corrected chi connectivity index (χ2v) is 5.02. The van der Waals surface area contributed by atoms with E-state index >= 15 is 0 Å². The molecule has 0 aliphatic heterocycles. The van der Waals surface area contributed by atoms with Crippen LogP contribution < -0.4 is 0 Å². The van der Waals surface area contributed by atoms with Crippen LogP contribution in [-0.4, -0.2) is 37.5 Å². The van der Waals surface area contributed by atoms with E-state index in [1.807, 2.05) is 20.8 Å². The van der Waals surface area contributed by atoms with E-state index in [0.717, 1.165) is 6.08 Å². The zero-order valence-corrected chi connectivity index (χ0v) is 12.2. The summed E-state index contributed by atoms with van der Waals surface area (Å²) in [7, 11) is -1.99. The maximum absolute atomic E-state index is 11.6. The third-order valence-electron chi connectivity index (χ3n) is 2.13. The molecule has 0 aliphatic rings. The summed E-state index contributed by atoms with van der Waals surface area (Å²) in [5, 5.41) is 0. The Hall–Kier alpha value is -0.610. The van der Waals surface area contributed by atoms with E-state index < -0.39 is 19.3 Å². The van der Waals surface area contributed by atoms with Crippen molar-refractivity contribution in [2.75, 3.05) is 26.0 Å². The minimum Gasteiger partial charge on any atom is -0.328 e. The molecule has 0 N–H and O–H groups in total. The zero-order chi connectivity index (χ0) is 14.0. The Morgan fingerprint density at radius 3 is 1.94 bits per heavy atom. The molecule has 0 amide bonds. The van der Waals surface area contributed by atoms with E-state index in [1.54, 1.807) is 0 Å². The first kappa shape index (κ1) is 17.4. The van der Waals surface area contributed by atoms with Crippen LogP contribution in [0.25, 0.3) is 0 Å². The Bertz CT molecular complexity index is 273. The number of ether oxygens (including phenoxy) is 3. The molecule has 104 valence electrons. The van der Waals surface area contributed by atoms with E-state index in [-0.39, 0.29) is 12.6 Å². The largest absolute Gasteiger partial charge is 0.419 e. The monoisotopic (exact) mass is 277 g/mol. The van der Waals surface area contributed by atoms with Gasteiger partial charge in [0.15, 0.2) is 6.16 Å². The van der Waals surface area contributed by atoms with Crippen LogP contribution in [0.2, 0.25) is 0 Å². The lowest BCUT2D eigenvalue weighted by Crippen LogP contribution is -2.40. The van der Waals surface area contributed by atoms with Crippen molar-refractivity contribution in [2.45, 2.75) is 33.2 Å². The van der Waals surface area contributed by atoms with Crippen LogP contribution in [0.5, 0.6) is 0 Å². The number of rotatable bonds is 11. The maximum atomic E-state index is 11.6. The van der Waals surface area contributed by atoms with Gasteiger partial charge in [-0.1, -0.05) is 11.1 Å². The zero-order valence-electron chi connectivity index (χ0n) is 11.3. The van der Waals surface area contributed by atoms with E-state index in [2.05, 4.69) is 6.58 Å². The van der Waals surface area contributed by atoms with Crippen molar-refractivity contribution in [3.05, 3.63) is 12.7 Å². The van der Waals surface area contributed by atoms with Crippen molar-refractivity contribution < 1.29 is 23.6 Å². The van der Waals surface area contributed by atoms with Gasteiger partial charge in [0.25, 0.3) is 5.97 Å². The Morgan fingerprint density at radius 1 is 1.17 bits per heavy atom. The van der Waals surface area contributed by atoms with Gasteiger partial charge in [0, 0.05) is 25.9 Å². The molecule has 0 saturated carbocycles. The first-order valence-electron chi connectivity index (χ1n) is 6.08. The van der Waals surface area contributed by atoms with Crippen LogP contribution in [0.3, 0.4) is 0 Å². The summed E-state index contributed by atoms with van der Waals surface area (Å²) in [5.41, 5.74) is -0.455. The fourth-order valence-electron chi connectivity index (χ4n) is 1.45. The lowest BCUT2D eigenvalue weighted by Gasteiger charge is -2.31. The van der Waals surface area contributed by atoms with E-state index in [0.29, 0.717) is 19.8 Å². The number of carbonyl (C=O) groups excluding carboxylic acids is 1. The maximum Gasteiger partial charge on any atom is 0.419 e. The summed E-state index contributed by atoms with van der Waals surface area (Å²) in [5.74, 6) is -1.20. The van der Waals surface area contributed by atoms with Crippen molar-refractivity contribution in [3.63, 3.8) is 0 Å². The highest BCUT2D eigenvalue weighted by molar-refractivity contribution is 7.64. The fraction of sp³-hybridized carbons (Fsp3) is 0.750. The predicted octanol–water partition coefficient (Wildman–Crippen LogP) is 2.68.